The summed E-state index contributed by atoms with van der Waals surface area (Å²) in [7, 11) is 1.58. The Balaban J connectivity index is 2.32. The second-order valence-corrected chi connectivity index (χ2v) is 4.35. The van der Waals surface area contributed by atoms with Crippen molar-refractivity contribution < 1.29 is 9.84 Å². The van der Waals surface area contributed by atoms with E-state index in [9.17, 15) is 9.90 Å². The molecule has 2 heterocycles. The molecular weight excluding hydrogens is 256 g/mol. The number of rotatable bonds is 2. The molecule has 0 bridgehead atoms. The molecule has 0 spiro atoms. The number of methoxy groups -OCH3 is 1. The van der Waals surface area contributed by atoms with Gasteiger partial charge in [-0.1, -0.05) is 0 Å². The maximum Gasteiger partial charge on any atom is 0.255 e. The number of hydrogen-bond donors (Lipinski definition) is 2. The van der Waals surface area contributed by atoms with Crippen LogP contribution < -0.4 is 10.3 Å². The van der Waals surface area contributed by atoms with Gasteiger partial charge in [-0.25, -0.2) is 4.98 Å². The summed E-state index contributed by atoms with van der Waals surface area (Å²) in [6.07, 6.45) is 3.19. The largest absolute Gasteiger partial charge is 0.497 e. The number of pyridine rings is 2. The molecule has 5 heteroatoms. The van der Waals surface area contributed by atoms with E-state index in [0.29, 0.717) is 11.1 Å². The van der Waals surface area contributed by atoms with Crippen molar-refractivity contribution in [3.05, 3.63) is 53.1 Å². The zero-order valence-electron chi connectivity index (χ0n) is 10.8. The van der Waals surface area contributed by atoms with Crippen molar-refractivity contribution in [1.82, 2.24) is 9.97 Å². The van der Waals surface area contributed by atoms with E-state index in [1.165, 1.54) is 6.07 Å². The maximum atomic E-state index is 11.9. The lowest BCUT2D eigenvalue weighted by Gasteiger charge is -2.08. The summed E-state index contributed by atoms with van der Waals surface area (Å²) in [6.45, 7) is 0. The van der Waals surface area contributed by atoms with Gasteiger partial charge >= 0.3 is 0 Å². The lowest BCUT2D eigenvalue weighted by molar-refractivity contribution is 0.415. The van der Waals surface area contributed by atoms with Crippen LogP contribution in [-0.4, -0.2) is 22.2 Å². The highest BCUT2D eigenvalue weighted by atomic mass is 16.5. The number of H-pyrrole nitrogens is 1. The third kappa shape index (κ3) is 1.99. The van der Waals surface area contributed by atoms with E-state index in [1.807, 2.05) is 6.07 Å². The zero-order valence-corrected chi connectivity index (χ0v) is 10.8. The smallest absolute Gasteiger partial charge is 0.255 e. The topological polar surface area (TPSA) is 75.2 Å². The molecule has 3 aromatic rings. The van der Waals surface area contributed by atoms with Crippen molar-refractivity contribution in [1.29, 1.82) is 0 Å². The van der Waals surface area contributed by atoms with Crippen LogP contribution in [0, 0.1) is 0 Å². The van der Waals surface area contributed by atoms with Gasteiger partial charge in [0.15, 0.2) is 0 Å². The Morgan fingerprint density at radius 3 is 2.75 bits per heavy atom. The van der Waals surface area contributed by atoms with Crippen molar-refractivity contribution in [3.8, 4) is 22.8 Å². The summed E-state index contributed by atoms with van der Waals surface area (Å²) in [5.41, 5.74) is 1.47. The van der Waals surface area contributed by atoms with Gasteiger partial charge in [0.25, 0.3) is 5.56 Å². The SMILES string of the molecule is COc1ccc2c(=O)[nH]cc(-c3ccc(O)nc3)c2c1. The van der Waals surface area contributed by atoms with Gasteiger partial charge in [0, 0.05) is 40.4 Å². The first-order valence-corrected chi connectivity index (χ1v) is 6.04. The van der Waals surface area contributed by atoms with Crippen LogP contribution in [0.2, 0.25) is 0 Å². The van der Waals surface area contributed by atoms with E-state index < -0.39 is 0 Å². The number of nitrogens with one attached hydrogen (secondary N) is 1. The van der Waals surface area contributed by atoms with E-state index in [4.69, 9.17) is 4.74 Å². The molecule has 5 nitrogen and oxygen atoms in total. The molecule has 0 aliphatic rings. The second-order valence-electron chi connectivity index (χ2n) is 4.35. The highest BCUT2D eigenvalue weighted by Gasteiger charge is 2.08. The number of aromatic hydroxyl groups is 1. The van der Waals surface area contributed by atoms with Gasteiger partial charge in [-0.05, 0) is 24.3 Å². The average molecular weight is 268 g/mol. The minimum Gasteiger partial charge on any atom is -0.497 e. The van der Waals surface area contributed by atoms with E-state index in [0.717, 1.165) is 16.5 Å². The molecule has 3 rings (SSSR count). The predicted molar refractivity (Wildman–Crippen MR) is 76.0 cm³/mol. The third-order valence-corrected chi connectivity index (χ3v) is 3.17. The van der Waals surface area contributed by atoms with Crippen LogP contribution in [-0.2, 0) is 0 Å². The van der Waals surface area contributed by atoms with Gasteiger partial charge in [-0.3, -0.25) is 4.79 Å². The second kappa shape index (κ2) is 4.70. The molecule has 100 valence electrons. The first kappa shape index (κ1) is 12.2. The van der Waals surface area contributed by atoms with Crippen molar-refractivity contribution in [2.45, 2.75) is 0 Å². The summed E-state index contributed by atoms with van der Waals surface area (Å²) >= 11 is 0. The van der Waals surface area contributed by atoms with Crippen LogP contribution in [0.5, 0.6) is 11.6 Å². The van der Waals surface area contributed by atoms with Crippen LogP contribution in [0.4, 0.5) is 0 Å². The third-order valence-electron chi connectivity index (χ3n) is 3.17. The van der Waals surface area contributed by atoms with E-state index in [2.05, 4.69) is 9.97 Å². The Bertz CT molecular complexity index is 823. The molecule has 0 saturated heterocycles. The number of aromatic nitrogens is 2. The fourth-order valence-corrected chi connectivity index (χ4v) is 2.15. The molecule has 2 aromatic heterocycles. The average Bonchev–Trinajstić information content (AvgIpc) is 2.48. The Labute approximate surface area is 114 Å². The molecule has 0 saturated carbocycles. The van der Waals surface area contributed by atoms with E-state index in [1.54, 1.807) is 37.7 Å². The first-order chi connectivity index (χ1) is 9.69. The van der Waals surface area contributed by atoms with Crippen LogP contribution in [0.25, 0.3) is 21.9 Å². The summed E-state index contributed by atoms with van der Waals surface area (Å²) in [5, 5.41) is 10.6. The lowest BCUT2D eigenvalue weighted by Crippen LogP contribution is -2.06. The standard InChI is InChI=1S/C15H12N2O3/c1-20-10-3-4-11-12(6-10)13(8-17-15(11)19)9-2-5-14(18)16-7-9/h2-8H,1H3,(H,16,18)(H,17,19). The van der Waals surface area contributed by atoms with Gasteiger partial charge in [0.1, 0.15) is 5.75 Å². The van der Waals surface area contributed by atoms with E-state index in [-0.39, 0.29) is 11.4 Å². The summed E-state index contributed by atoms with van der Waals surface area (Å²) in [6, 6.07) is 8.54. The minimum absolute atomic E-state index is 0.0416. The molecule has 0 fully saturated rings. The van der Waals surface area contributed by atoms with Gasteiger partial charge in [0.2, 0.25) is 5.88 Å². The van der Waals surface area contributed by atoms with Gasteiger partial charge in [0.05, 0.1) is 7.11 Å². The maximum absolute atomic E-state index is 11.9. The Kier molecular flexibility index (Phi) is 2.87. The molecule has 1 aromatic carbocycles. The summed E-state index contributed by atoms with van der Waals surface area (Å²) in [4.78, 5) is 18.4. The zero-order chi connectivity index (χ0) is 14.1. The quantitative estimate of drug-likeness (QED) is 0.747. The van der Waals surface area contributed by atoms with Crippen molar-refractivity contribution in [2.24, 2.45) is 0 Å². The van der Waals surface area contributed by atoms with Crippen molar-refractivity contribution >= 4 is 10.8 Å². The molecule has 0 atom stereocenters. The van der Waals surface area contributed by atoms with Crippen molar-refractivity contribution in [2.75, 3.05) is 7.11 Å². The molecule has 0 aliphatic heterocycles. The molecule has 0 amide bonds. The molecule has 20 heavy (non-hydrogen) atoms. The van der Waals surface area contributed by atoms with Crippen LogP contribution in [0.3, 0.4) is 0 Å². The molecule has 0 unspecified atom stereocenters. The fraction of sp³-hybridized carbons (Fsp3) is 0.0667. The highest BCUT2D eigenvalue weighted by Crippen LogP contribution is 2.29. The number of benzene rings is 1. The first-order valence-electron chi connectivity index (χ1n) is 6.04. The fourth-order valence-electron chi connectivity index (χ4n) is 2.15. The minimum atomic E-state index is -0.154. The predicted octanol–water partition coefficient (Wildman–Crippen LogP) is 2.30. The number of aromatic amines is 1. The normalized spacial score (nSPS) is 10.7. The van der Waals surface area contributed by atoms with Crippen molar-refractivity contribution in [3.63, 3.8) is 0 Å². The van der Waals surface area contributed by atoms with Gasteiger partial charge < -0.3 is 14.8 Å². The van der Waals surface area contributed by atoms with Gasteiger partial charge in [-0.15, -0.1) is 0 Å². The van der Waals surface area contributed by atoms with Crippen LogP contribution in [0.1, 0.15) is 0 Å². The molecule has 0 radical (unpaired) electrons. The molecular formula is C15H12N2O3. The van der Waals surface area contributed by atoms with Crippen LogP contribution in [0.15, 0.2) is 47.5 Å². The lowest BCUT2D eigenvalue weighted by atomic mass is 10.0. The number of fused-ring (bicyclic) bond motifs is 1. The number of nitrogens with zero attached hydrogens (tertiary/aromatic N) is 1. The summed E-state index contributed by atoms with van der Waals surface area (Å²) in [5.74, 6) is 0.635. The Morgan fingerprint density at radius 1 is 1.20 bits per heavy atom. The van der Waals surface area contributed by atoms with E-state index >= 15 is 0 Å². The monoisotopic (exact) mass is 268 g/mol. The molecule has 2 N–H and O–H groups in total. The number of ether oxygens (including phenoxy) is 1. The molecule has 0 aliphatic carbocycles. The Hall–Kier alpha value is -2.82. The Morgan fingerprint density at radius 2 is 2.05 bits per heavy atom. The van der Waals surface area contributed by atoms with Gasteiger partial charge in [-0.2, -0.15) is 0 Å². The highest BCUT2D eigenvalue weighted by molar-refractivity contribution is 5.96. The van der Waals surface area contributed by atoms with Crippen LogP contribution >= 0.6 is 0 Å². The number of hydrogen-bond acceptors (Lipinski definition) is 4. The summed E-state index contributed by atoms with van der Waals surface area (Å²) < 4.78 is 5.20.